The van der Waals surface area contributed by atoms with Gasteiger partial charge in [-0.3, -0.25) is 4.79 Å². The number of likely N-dealkylation sites (N-methyl/N-ethyl adjacent to an activating group) is 1. The number of nitrogens with one attached hydrogen (secondary N) is 2. The SMILES string of the molecule is CNC(=O)COc1c(C)cccc1CNC1CC1. The molecule has 1 fully saturated rings. The lowest BCUT2D eigenvalue weighted by atomic mass is 10.1. The van der Waals surface area contributed by atoms with E-state index in [0.717, 1.165) is 23.4 Å². The maximum absolute atomic E-state index is 11.2. The van der Waals surface area contributed by atoms with Crippen LogP contribution in [0, 0.1) is 6.92 Å². The number of carbonyl (C=O) groups excluding carboxylic acids is 1. The second-order valence-electron chi connectivity index (χ2n) is 4.68. The Bertz CT molecular complexity index is 428. The van der Waals surface area contributed by atoms with Gasteiger partial charge >= 0.3 is 0 Å². The highest BCUT2D eigenvalue weighted by Gasteiger charge is 2.20. The highest BCUT2D eigenvalue weighted by molar-refractivity contribution is 5.77. The van der Waals surface area contributed by atoms with Gasteiger partial charge in [-0.15, -0.1) is 0 Å². The van der Waals surface area contributed by atoms with Gasteiger partial charge in [0.1, 0.15) is 5.75 Å². The molecule has 1 aliphatic rings. The minimum absolute atomic E-state index is 0.0672. The molecule has 0 aromatic heterocycles. The number of amides is 1. The van der Waals surface area contributed by atoms with E-state index in [0.29, 0.717) is 6.04 Å². The van der Waals surface area contributed by atoms with Crippen LogP contribution < -0.4 is 15.4 Å². The average molecular weight is 248 g/mol. The Morgan fingerprint density at radius 1 is 1.44 bits per heavy atom. The summed E-state index contributed by atoms with van der Waals surface area (Å²) in [5.41, 5.74) is 2.18. The van der Waals surface area contributed by atoms with Crippen molar-refractivity contribution in [3.05, 3.63) is 29.3 Å². The molecule has 1 aromatic rings. The van der Waals surface area contributed by atoms with E-state index in [1.807, 2.05) is 25.1 Å². The maximum atomic E-state index is 11.2. The molecule has 1 aromatic carbocycles. The second-order valence-corrected chi connectivity index (χ2v) is 4.68. The largest absolute Gasteiger partial charge is 0.483 e. The number of hydrogen-bond donors (Lipinski definition) is 2. The van der Waals surface area contributed by atoms with Gasteiger partial charge in [-0.25, -0.2) is 0 Å². The zero-order valence-electron chi connectivity index (χ0n) is 11.0. The maximum Gasteiger partial charge on any atom is 0.257 e. The van der Waals surface area contributed by atoms with E-state index in [4.69, 9.17) is 4.74 Å². The lowest BCUT2D eigenvalue weighted by Gasteiger charge is -2.14. The number of carbonyl (C=O) groups is 1. The summed E-state index contributed by atoms with van der Waals surface area (Å²) in [5.74, 6) is 0.716. The fraction of sp³-hybridized carbons (Fsp3) is 0.500. The van der Waals surface area contributed by atoms with E-state index in [2.05, 4.69) is 10.6 Å². The number of ether oxygens (including phenoxy) is 1. The minimum Gasteiger partial charge on any atom is -0.483 e. The van der Waals surface area contributed by atoms with Gasteiger partial charge in [0.15, 0.2) is 6.61 Å². The predicted octanol–water partition coefficient (Wildman–Crippen LogP) is 1.37. The van der Waals surface area contributed by atoms with E-state index < -0.39 is 0 Å². The first-order chi connectivity index (χ1) is 8.70. The Kier molecular flexibility index (Phi) is 4.20. The topological polar surface area (TPSA) is 50.4 Å². The number of hydrogen-bond acceptors (Lipinski definition) is 3. The van der Waals surface area contributed by atoms with Gasteiger partial charge in [0, 0.05) is 25.2 Å². The molecule has 4 nitrogen and oxygen atoms in total. The molecule has 0 spiro atoms. The molecule has 0 aliphatic heterocycles. The molecule has 0 atom stereocenters. The van der Waals surface area contributed by atoms with Crippen LogP contribution in [0.15, 0.2) is 18.2 Å². The normalized spacial score (nSPS) is 14.3. The van der Waals surface area contributed by atoms with Crippen molar-refractivity contribution in [2.45, 2.75) is 32.4 Å². The first kappa shape index (κ1) is 12.9. The highest BCUT2D eigenvalue weighted by Crippen LogP contribution is 2.25. The zero-order valence-corrected chi connectivity index (χ0v) is 11.0. The van der Waals surface area contributed by atoms with Crippen molar-refractivity contribution in [2.75, 3.05) is 13.7 Å². The highest BCUT2D eigenvalue weighted by atomic mass is 16.5. The van der Waals surface area contributed by atoms with E-state index >= 15 is 0 Å². The van der Waals surface area contributed by atoms with Gasteiger partial charge in [0.05, 0.1) is 0 Å². The zero-order chi connectivity index (χ0) is 13.0. The lowest BCUT2D eigenvalue weighted by molar-refractivity contribution is -0.122. The van der Waals surface area contributed by atoms with Gasteiger partial charge in [-0.05, 0) is 25.3 Å². The second kappa shape index (κ2) is 5.87. The van der Waals surface area contributed by atoms with Crippen LogP contribution in [0.3, 0.4) is 0 Å². The lowest BCUT2D eigenvalue weighted by Crippen LogP contribution is -2.25. The number of benzene rings is 1. The Balaban J connectivity index is 2.02. The molecule has 0 heterocycles. The molecule has 4 heteroatoms. The summed E-state index contributed by atoms with van der Waals surface area (Å²) in [6, 6.07) is 6.73. The van der Waals surface area contributed by atoms with Crippen molar-refractivity contribution in [1.82, 2.24) is 10.6 Å². The number of rotatable bonds is 6. The van der Waals surface area contributed by atoms with E-state index in [-0.39, 0.29) is 12.5 Å². The van der Waals surface area contributed by atoms with Crippen molar-refractivity contribution < 1.29 is 9.53 Å². The van der Waals surface area contributed by atoms with Crippen molar-refractivity contribution >= 4 is 5.91 Å². The first-order valence-electron chi connectivity index (χ1n) is 6.36. The summed E-state index contributed by atoms with van der Waals surface area (Å²) in [4.78, 5) is 11.2. The molecular formula is C14H20N2O2. The Labute approximate surface area is 108 Å². The van der Waals surface area contributed by atoms with E-state index in [1.165, 1.54) is 12.8 Å². The summed E-state index contributed by atoms with van der Waals surface area (Å²) in [6.45, 7) is 2.87. The van der Waals surface area contributed by atoms with Crippen LogP contribution in [0.5, 0.6) is 5.75 Å². The van der Waals surface area contributed by atoms with Crippen LogP contribution in [0.2, 0.25) is 0 Å². The molecule has 18 heavy (non-hydrogen) atoms. The van der Waals surface area contributed by atoms with Crippen LogP contribution in [0.25, 0.3) is 0 Å². The molecule has 0 unspecified atom stereocenters. The summed E-state index contributed by atoms with van der Waals surface area (Å²) in [5, 5.41) is 6.02. The van der Waals surface area contributed by atoms with Gasteiger partial charge in [-0.1, -0.05) is 18.2 Å². The number of aryl methyl sites for hydroxylation is 1. The van der Waals surface area contributed by atoms with Crippen LogP contribution in [0.1, 0.15) is 24.0 Å². The van der Waals surface area contributed by atoms with Gasteiger partial charge < -0.3 is 15.4 Å². The summed E-state index contributed by atoms with van der Waals surface area (Å²) < 4.78 is 5.62. The van der Waals surface area contributed by atoms with Crippen molar-refractivity contribution in [3.8, 4) is 5.75 Å². The third-order valence-electron chi connectivity index (χ3n) is 3.08. The number of para-hydroxylation sites is 1. The summed E-state index contributed by atoms with van der Waals surface area (Å²) in [7, 11) is 1.61. The smallest absolute Gasteiger partial charge is 0.257 e. The molecule has 1 amide bonds. The molecule has 2 rings (SSSR count). The first-order valence-corrected chi connectivity index (χ1v) is 6.36. The molecule has 1 aliphatic carbocycles. The fourth-order valence-electron chi connectivity index (χ4n) is 1.81. The quantitative estimate of drug-likeness (QED) is 0.799. The third kappa shape index (κ3) is 3.47. The van der Waals surface area contributed by atoms with Gasteiger partial charge in [0.25, 0.3) is 5.91 Å². The minimum atomic E-state index is -0.112. The van der Waals surface area contributed by atoms with Crippen molar-refractivity contribution in [3.63, 3.8) is 0 Å². The average Bonchev–Trinajstić information content (AvgIpc) is 3.18. The van der Waals surface area contributed by atoms with E-state index in [1.54, 1.807) is 7.05 Å². The Morgan fingerprint density at radius 2 is 2.22 bits per heavy atom. The van der Waals surface area contributed by atoms with Gasteiger partial charge in [-0.2, -0.15) is 0 Å². The van der Waals surface area contributed by atoms with Crippen LogP contribution in [-0.2, 0) is 11.3 Å². The Morgan fingerprint density at radius 3 is 2.89 bits per heavy atom. The Hall–Kier alpha value is -1.55. The molecule has 1 saturated carbocycles. The van der Waals surface area contributed by atoms with E-state index in [9.17, 15) is 4.79 Å². The fourth-order valence-corrected chi connectivity index (χ4v) is 1.81. The van der Waals surface area contributed by atoms with Gasteiger partial charge in [0.2, 0.25) is 0 Å². The third-order valence-corrected chi connectivity index (χ3v) is 3.08. The van der Waals surface area contributed by atoms with Crippen LogP contribution in [-0.4, -0.2) is 25.6 Å². The molecule has 2 N–H and O–H groups in total. The molecular weight excluding hydrogens is 228 g/mol. The van der Waals surface area contributed by atoms with Crippen molar-refractivity contribution in [1.29, 1.82) is 0 Å². The summed E-state index contributed by atoms with van der Waals surface area (Å²) in [6.07, 6.45) is 2.53. The van der Waals surface area contributed by atoms with Crippen LogP contribution >= 0.6 is 0 Å². The molecule has 98 valence electrons. The predicted molar refractivity (Wildman–Crippen MR) is 70.6 cm³/mol. The molecule has 0 bridgehead atoms. The van der Waals surface area contributed by atoms with Crippen molar-refractivity contribution in [2.24, 2.45) is 0 Å². The molecule has 0 saturated heterocycles. The summed E-state index contributed by atoms with van der Waals surface area (Å²) >= 11 is 0. The monoisotopic (exact) mass is 248 g/mol. The van der Waals surface area contributed by atoms with Crippen LogP contribution in [0.4, 0.5) is 0 Å². The molecule has 0 radical (unpaired) electrons. The standard InChI is InChI=1S/C14H20N2O2/c1-10-4-3-5-11(8-16-12-6-7-12)14(10)18-9-13(17)15-2/h3-5,12,16H,6-9H2,1-2H3,(H,15,17).